The van der Waals surface area contributed by atoms with Crippen LogP contribution in [0.4, 0.5) is 5.69 Å². The maximum absolute atomic E-state index is 9.34. The van der Waals surface area contributed by atoms with E-state index in [0.717, 1.165) is 16.3 Å². The van der Waals surface area contributed by atoms with E-state index in [4.69, 9.17) is 11.6 Å². The number of hydrogen-bond donors (Lipinski definition) is 2. The Bertz CT molecular complexity index is 312. The number of anilines is 1. The molecule has 2 N–H and O–H groups in total. The molecule has 1 aromatic rings. The second kappa shape index (κ2) is 4.67. The van der Waals surface area contributed by atoms with Crippen molar-refractivity contribution in [1.82, 2.24) is 0 Å². The van der Waals surface area contributed by atoms with Crippen LogP contribution >= 0.6 is 11.6 Å². The third kappa shape index (κ3) is 2.63. The second-order valence-corrected chi connectivity index (χ2v) is 3.99. The third-order valence-electron chi connectivity index (χ3n) is 2.30. The van der Waals surface area contributed by atoms with Crippen molar-refractivity contribution in [2.45, 2.75) is 32.9 Å². The molecule has 0 fully saturated rings. The number of nitrogens with one attached hydrogen (secondary N) is 1. The van der Waals surface area contributed by atoms with Crippen LogP contribution in [0.2, 0.25) is 5.02 Å². The van der Waals surface area contributed by atoms with E-state index in [-0.39, 0.29) is 6.04 Å². The van der Waals surface area contributed by atoms with E-state index in [1.54, 1.807) is 6.92 Å². The molecule has 0 amide bonds. The average molecular weight is 214 g/mol. The number of aliphatic hydroxyl groups excluding tert-OH is 1. The van der Waals surface area contributed by atoms with Gasteiger partial charge in [0.15, 0.2) is 0 Å². The maximum atomic E-state index is 9.34. The maximum Gasteiger partial charge on any atom is 0.0710 e. The summed E-state index contributed by atoms with van der Waals surface area (Å²) in [5.74, 6) is 0. The molecule has 3 heteroatoms. The summed E-state index contributed by atoms with van der Waals surface area (Å²) < 4.78 is 0. The summed E-state index contributed by atoms with van der Waals surface area (Å²) in [6.45, 7) is 5.63. The Kier molecular flexibility index (Phi) is 3.78. The number of aryl methyl sites for hydroxylation is 1. The lowest BCUT2D eigenvalue weighted by Crippen LogP contribution is -2.27. The summed E-state index contributed by atoms with van der Waals surface area (Å²) in [6.07, 6.45) is -0.397. The molecule has 0 aliphatic heterocycles. The summed E-state index contributed by atoms with van der Waals surface area (Å²) in [5.41, 5.74) is 1.91. The van der Waals surface area contributed by atoms with E-state index in [9.17, 15) is 5.11 Å². The van der Waals surface area contributed by atoms with Crippen LogP contribution in [0.1, 0.15) is 19.4 Å². The van der Waals surface area contributed by atoms with Crippen molar-refractivity contribution in [3.05, 3.63) is 28.8 Å². The van der Waals surface area contributed by atoms with Crippen LogP contribution in [-0.4, -0.2) is 17.3 Å². The normalized spacial score (nSPS) is 14.9. The quantitative estimate of drug-likeness (QED) is 0.810. The van der Waals surface area contributed by atoms with Gasteiger partial charge in [0.05, 0.1) is 16.8 Å². The molecule has 1 aromatic carbocycles. The van der Waals surface area contributed by atoms with Gasteiger partial charge in [-0.15, -0.1) is 0 Å². The van der Waals surface area contributed by atoms with Crippen molar-refractivity contribution in [2.75, 3.05) is 5.32 Å². The Morgan fingerprint density at radius 1 is 1.36 bits per heavy atom. The molecule has 0 bridgehead atoms. The van der Waals surface area contributed by atoms with Crippen LogP contribution in [0, 0.1) is 6.92 Å². The first kappa shape index (κ1) is 11.3. The van der Waals surface area contributed by atoms with Crippen LogP contribution in [0.5, 0.6) is 0 Å². The van der Waals surface area contributed by atoms with Gasteiger partial charge in [0.2, 0.25) is 0 Å². The number of rotatable bonds is 3. The van der Waals surface area contributed by atoms with Crippen LogP contribution < -0.4 is 5.32 Å². The highest BCUT2D eigenvalue weighted by Gasteiger charge is 2.10. The molecular weight excluding hydrogens is 198 g/mol. The number of hydrogen-bond acceptors (Lipinski definition) is 2. The predicted octanol–water partition coefficient (Wildman–Crippen LogP) is 2.83. The van der Waals surface area contributed by atoms with Crippen molar-refractivity contribution < 1.29 is 5.11 Å². The van der Waals surface area contributed by atoms with Gasteiger partial charge in [0, 0.05) is 6.04 Å². The number of benzene rings is 1. The fraction of sp³-hybridized carbons (Fsp3) is 0.455. The van der Waals surface area contributed by atoms with Gasteiger partial charge < -0.3 is 10.4 Å². The molecule has 0 spiro atoms. The Balaban J connectivity index is 2.82. The molecule has 2 atom stereocenters. The zero-order valence-electron chi connectivity index (χ0n) is 8.71. The lowest BCUT2D eigenvalue weighted by molar-refractivity contribution is 0.178. The first-order chi connectivity index (χ1) is 6.52. The zero-order valence-corrected chi connectivity index (χ0v) is 9.47. The smallest absolute Gasteiger partial charge is 0.0710 e. The van der Waals surface area contributed by atoms with Gasteiger partial charge in [-0.1, -0.05) is 23.7 Å². The van der Waals surface area contributed by atoms with Crippen LogP contribution in [0.25, 0.3) is 0 Å². The monoisotopic (exact) mass is 213 g/mol. The molecule has 0 heterocycles. The zero-order chi connectivity index (χ0) is 10.7. The van der Waals surface area contributed by atoms with Gasteiger partial charge in [-0.05, 0) is 32.4 Å². The van der Waals surface area contributed by atoms with Gasteiger partial charge in [0.25, 0.3) is 0 Å². The third-order valence-corrected chi connectivity index (χ3v) is 2.80. The molecule has 0 saturated carbocycles. The fourth-order valence-corrected chi connectivity index (χ4v) is 1.31. The second-order valence-electron chi connectivity index (χ2n) is 3.61. The molecule has 0 radical (unpaired) electrons. The molecule has 0 aromatic heterocycles. The van der Waals surface area contributed by atoms with E-state index in [1.165, 1.54) is 0 Å². The number of halogens is 1. The first-order valence-electron chi connectivity index (χ1n) is 4.72. The molecular formula is C11H16ClNO. The van der Waals surface area contributed by atoms with Crippen molar-refractivity contribution in [3.63, 3.8) is 0 Å². The van der Waals surface area contributed by atoms with E-state index >= 15 is 0 Å². The van der Waals surface area contributed by atoms with Crippen LogP contribution in [0.3, 0.4) is 0 Å². The average Bonchev–Trinajstić information content (AvgIpc) is 2.12. The molecule has 78 valence electrons. The lowest BCUT2D eigenvalue weighted by Gasteiger charge is -2.19. The Morgan fingerprint density at radius 3 is 2.57 bits per heavy atom. The summed E-state index contributed by atoms with van der Waals surface area (Å²) >= 11 is 6.10. The van der Waals surface area contributed by atoms with Gasteiger partial charge in [0.1, 0.15) is 0 Å². The van der Waals surface area contributed by atoms with Crippen LogP contribution in [-0.2, 0) is 0 Å². The van der Waals surface area contributed by atoms with Crippen molar-refractivity contribution in [2.24, 2.45) is 0 Å². The largest absolute Gasteiger partial charge is 0.391 e. The predicted molar refractivity (Wildman–Crippen MR) is 61.0 cm³/mol. The van der Waals surface area contributed by atoms with Gasteiger partial charge in [-0.25, -0.2) is 0 Å². The van der Waals surface area contributed by atoms with E-state index in [1.807, 2.05) is 32.0 Å². The molecule has 14 heavy (non-hydrogen) atoms. The van der Waals surface area contributed by atoms with Crippen LogP contribution in [0.15, 0.2) is 18.2 Å². The van der Waals surface area contributed by atoms with Gasteiger partial charge in [-0.3, -0.25) is 0 Å². The van der Waals surface area contributed by atoms with Crippen molar-refractivity contribution in [1.29, 1.82) is 0 Å². The molecule has 0 aliphatic rings. The molecule has 2 nitrogen and oxygen atoms in total. The SMILES string of the molecule is Cc1cccc(NC(C)C(C)O)c1Cl. The molecule has 2 unspecified atom stereocenters. The van der Waals surface area contributed by atoms with E-state index in [2.05, 4.69) is 5.32 Å². The van der Waals surface area contributed by atoms with Crippen molar-refractivity contribution in [3.8, 4) is 0 Å². The molecule has 1 rings (SSSR count). The molecule has 0 saturated heterocycles. The fourth-order valence-electron chi connectivity index (χ4n) is 1.12. The minimum atomic E-state index is -0.397. The minimum absolute atomic E-state index is 0.00528. The highest BCUT2D eigenvalue weighted by molar-refractivity contribution is 6.34. The molecule has 0 aliphatic carbocycles. The summed E-state index contributed by atoms with van der Waals surface area (Å²) in [4.78, 5) is 0. The van der Waals surface area contributed by atoms with E-state index < -0.39 is 6.10 Å². The topological polar surface area (TPSA) is 32.3 Å². The Hall–Kier alpha value is -0.730. The highest BCUT2D eigenvalue weighted by atomic mass is 35.5. The van der Waals surface area contributed by atoms with Crippen molar-refractivity contribution >= 4 is 17.3 Å². The Labute approximate surface area is 89.9 Å². The summed E-state index contributed by atoms with van der Waals surface area (Å²) in [5, 5.41) is 13.2. The number of aliphatic hydroxyl groups is 1. The summed E-state index contributed by atoms with van der Waals surface area (Å²) in [6, 6.07) is 5.81. The minimum Gasteiger partial charge on any atom is -0.391 e. The van der Waals surface area contributed by atoms with E-state index in [0.29, 0.717) is 0 Å². The first-order valence-corrected chi connectivity index (χ1v) is 5.10. The highest BCUT2D eigenvalue weighted by Crippen LogP contribution is 2.25. The van der Waals surface area contributed by atoms with Gasteiger partial charge >= 0.3 is 0 Å². The standard InChI is InChI=1S/C11H16ClNO/c1-7-5-4-6-10(11(7)12)13-8(2)9(3)14/h4-6,8-9,13-14H,1-3H3. The summed E-state index contributed by atoms with van der Waals surface area (Å²) in [7, 11) is 0. The lowest BCUT2D eigenvalue weighted by atomic mass is 10.1. The van der Waals surface area contributed by atoms with Gasteiger partial charge in [-0.2, -0.15) is 0 Å². The Morgan fingerprint density at radius 2 is 2.00 bits per heavy atom.